The van der Waals surface area contributed by atoms with Crippen LogP contribution < -0.4 is 5.32 Å². The van der Waals surface area contributed by atoms with Crippen LogP contribution in [0.1, 0.15) is 5.69 Å². The topological polar surface area (TPSA) is 55.6 Å². The Morgan fingerprint density at radius 2 is 2.33 bits per heavy atom. The van der Waals surface area contributed by atoms with E-state index in [1.54, 1.807) is 23.5 Å². The van der Waals surface area contributed by atoms with Gasteiger partial charge in [0.15, 0.2) is 0 Å². The molecule has 0 bridgehead atoms. The molecule has 2 aromatic heterocycles. The standard InChI is InChI=1S/C10H13N5/c1-2-4-13-10(3-1)7-11-5-6-15-9-12-8-14-15/h1-4,8-9,11H,5-7H2. The van der Waals surface area contributed by atoms with E-state index in [0.717, 1.165) is 25.3 Å². The Hall–Kier alpha value is -1.75. The molecule has 78 valence electrons. The van der Waals surface area contributed by atoms with Crippen LogP contribution in [0, 0.1) is 0 Å². The third-order valence-corrected chi connectivity index (χ3v) is 2.02. The lowest BCUT2D eigenvalue weighted by molar-refractivity contribution is 0.550. The van der Waals surface area contributed by atoms with Gasteiger partial charge in [-0.3, -0.25) is 9.67 Å². The summed E-state index contributed by atoms with van der Waals surface area (Å²) in [5.74, 6) is 0. The van der Waals surface area contributed by atoms with Crippen molar-refractivity contribution in [3.05, 3.63) is 42.7 Å². The van der Waals surface area contributed by atoms with Crippen LogP contribution in [0.5, 0.6) is 0 Å². The number of pyridine rings is 1. The first kappa shape index (κ1) is 9.79. The zero-order chi connectivity index (χ0) is 10.3. The van der Waals surface area contributed by atoms with Crippen molar-refractivity contribution >= 4 is 0 Å². The van der Waals surface area contributed by atoms with Crippen LogP contribution in [0.15, 0.2) is 37.1 Å². The van der Waals surface area contributed by atoms with E-state index in [9.17, 15) is 0 Å². The molecule has 5 nitrogen and oxygen atoms in total. The molecule has 0 amide bonds. The molecule has 2 aromatic rings. The Kier molecular flexibility index (Phi) is 3.40. The van der Waals surface area contributed by atoms with Gasteiger partial charge in [0.25, 0.3) is 0 Å². The van der Waals surface area contributed by atoms with E-state index in [0.29, 0.717) is 0 Å². The predicted molar refractivity (Wildman–Crippen MR) is 56.0 cm³/mol. The van der Waals surface area contributed by atoms with Gasteiger partial charge in [-0.15, -0.1) is 0 Å². The summed E-state index contributed by atoms with van der Waals surface area (Å²) >= 11 is 0. The molecule has 1 N–H and O–H groups in total. The lowest BCUT2D eigenvalue weighted by Crippen LogP contribution is -2.20. The number of hydrogen-bond acceptors (Lipinski definition) is 4. The highest BCUT2D eigenvalue weighted by atomic mass is 15.3. The first-order valence-electron chi connectivity index (χ1n) is 4.88. The average Bonchev–Trinajstić information content (AvgIpc) is 2.79. The molecular formula is C10H13N5. The van der Waals surface area contributed by atoms with Crippen molar-refractivity contribution in [2.45, 2.75) is 13.1 Å². The summed E-state index contributed by atoms with van der Waals surface area (Å²) in [6.45, 7) is 2.47. The van der Waals surface area contributed by atoms with Crippen molar-refractivity contribution in [2.24, 2.45) is 0 Å². The summed E-state index contributed by atoms with van der Waals surface area (Å²) in [7, 11) is 0. The minimum absolute atomic E-state index is 0.787. The highest BCUT2D eigenvalue weighted by molar-refractivity contribution is 5.02. The second-order valence-corrected chi connectivity index (χ2v) is 3.16. The van der Waals surface area contributed by atoms with Crippen molar-refractivity contribution in [3.63, 3.8) is 0 Å². The van der Waals surface area contributed by atoms with Crippen molar-refractivity contribution < 1.29 is 0 Å². The molecular weight excluding hydrogens is 190 g/mol. The molecule has 0 aliphatic carbocycles. The second-order valence-electron chi connectivity index (χ2n) is 3.16. The Labute approximate surface area is 88.2 Å². The first-order valence-corrected chi connectivity index (χ1v) is 4.88. The third kappa shape index (κ3) is 3.14. The van der Waals surface area contributed by atoms with Crippen LogP contribution >= 0.6 is 0 Å². The van der Waals surface area contributed by atoms with E-state index in [4.69, 9.17) is 0 Å². The van der Waals surface area contributed by atoms with Crippen LogP contribution in [0.4, 0.5) is 0 Å². The van der Waals surface area contributed by atoms with E-state index in [1.807, 2.05) is 18.2 Å². The number of nitrogens with zero attached hydrogens (tertiary/aromatic N) is 4. The fourth-order valence-corrected chi connectivity index (χ4v) is 1.26. The maximum Gasteiger partial charge on any atom is 0.137 e. The molecule has 15 heavy (non-hydrogen) atoms. The van der Waals surface area contributed by atoms with Gasteiger partial charge < -0.3 is 5.32 Å². The Balaban J connectivity index is 1.68. The van der Waals surface area contributed by atoms with Crippen LogP contribution in [0.25, 0.3) is 0 Å². The first-order chi connectivity index (χ1) is 7.45. The summed E-state index contributed by atoms with van der Waals surface area (Å²) in [5.41, 5.74) is 1.05. The monoisotopic (exact) mass is 203 g/mol. The molecule has 0 unspecified atom stereocenters. The molecule has 0 saturated heterocycles. The van der Waals surface area contributed by atoms with Gasteiger partial charge in [-0.25, -0.2) is 4.98 Å². The van der Waals surface area contributed by atoms with Gasteiger partial charge in [0.1, 0.15) is 12.7 Å². The number of aromatic nitrogens is 4. The molecule has 5 heteroatoms. The van der Waals surface area contributed by atoms with E-state index < -0.39 is 0 Å². The minimum atomic E-state index is 0.787. The van der Waals surface area contributed by atoms with Crippen molar-refractivity contribution in [1.29, 1.82) is 0 Å². The molecule has 0 aliphatic rings. The highest BCUT2D eigenvalue weighted by Crippen LogP contribution is 1.91. The van der Waals surface area contributed by atoms with Gasteiger partial charge >= 0.3 is 0 Å². The molecule has 0 spiro atoms. The molecule has 2 rings (SSSR count). The van der Waals surface area contributed by atoms with E-state index in [-0.39, 0.29) is 0 Å². The molecule has 2 heterocycles. The van der Waals surface area contributed by atoms with Gasteiger partial charge in [0.05, 0.1) is 12.2 Å². The van der Waals surface area contributed by atoms with E-state index in [1.165, 1.54) is 0 Å². The second kappa shape index (κ2) is 5.21. The summed E-state index contributed by atoms with van der Waals surface area (Å²) in [6.07, 6.45) is 5.05. The quantitative estimate of drug-likeness (QED) is 0.717. The molecule has 0 aliphatic heterocycles. The van der Waals surface area contributed by atoms with Gasteiger partial charge in [-0.05, 0) is 12.1 Å². The number of nitrogens with one attached hydrogen (secondary N) is 1. The maximum atomic E-state index is 4.22. The van der Waals surface area contributed by atoms with Crippen molar-refractivity contribution in [1.82, 2.24) is 25.1 Å². The Bertz CT molecular complexity index is 370. The summed E-state index contributed by atoms with van der Waals surface area (Å²) in [4.78, 5) is 8.09. The number of rotatable bonds is 5. The molecule has 0 fully saturated rings. The van der Waals surface area contributed by atoms with Gasteiger partial charge in [-0.1, -0.05) is 6.07 Å². The zero-order valence-corrected chi connectivity index (χ0v) is 8.37. The van der Waals surface area contributed by atoms with Crippen LogP contribution in [-0.2, 0) is 13.1 Å². The lowest BCUT2D eigenvalue weighted by atomic mass is 10.3. The predicted octanol–water partition coefficient (Wildman–Crippen LogP) is 0.463. The van der Waals surface area contributed by atoms with Crippen LogP contribution in [0.3, 0.4) is 0 Å². The molecule has 0 aromatic carbocycles. The van der Waals surface area contributed by atoms with Crippen LogP contribution in [0.2, 0.25) is 0 Å². The normalized spacial score (nSPS) is 10.4. The summed E-state index contributed by atoms with van der Waals surface area (Å²) in [5, 5.41) is 7.30. The SMILES string of the molecule is c1ccc(CNCCn2cncn2)nc1. The highest BCUT2D eigenvalue weighted by Gasteiger charge is 1.93. The Morgan fingerprint density at radius 1 is 1.33 bits per heavy atom. The van der Waals surface area contributed by atoms with E-state index in [2.05, 4.69) is 20.4 Å². The van der Waals surface area contributed by atoms with Gasteiger partial charge in [-0.2, -0.15) is 5.10 Å². The molecule has 0 radical (unpaired) electrons. The third-order valence-electron chi connectivity index (χ3n) is 2.02. The van der Waals surface area contributed by atoms with Crippen LogP contribution in [-0.4, -0.2) is 26.3 Å². The average molecular weight is 203 g/mol. The van der Waals surface area contributed by atoms with E-state index >= 15 is 0 Å². The van der Waals surface area contributed by atoms with Crippen molar-refractivity contribution in [3.8, 4) is 0 Å². The zero-order valence-electron chi connectivity index (χ0n) is 8.37. The fourth-order valence-electron chi connectivity index (χ4n) is 1.26. The summed E-state index contributed by atoms with van der Waals surface area (Å²) in [6, 6.07) is 5.91. The van der Waals surface area contributed by atoms with Gasteiger partial charge in [0, 0.05) is 19.3 Å². The molecule has 0 saturated carbocycles. The lowest BCUT2D eigenvalue weighted by Gasteiger charge is -2.03. The minimum Gasteiger partial charge on any atom is -0.309 e. The molecule has 0 atom stereocenters. The van der Waals surface area contributed by atoms with Gasteiger partial charge in [0.2, 0.25) is 0 Å². The smallest absolute Gasteiger partial charge is 0.137 e. The summed E-state index contributed by atoms with van der Waals surface area (Å²) < 4.78 is 1.80. The number of hydrogen-bond donors (Lipinski definition) is 1. The Morgan fingerprint density at radius 3 is 3.07 bits per heavy atom. The fraction of sp³-hybridized carbons (Fsp3) is 0.300. The largest absolute Gasteiger partial charge is 0.309 e. The maximum absolute atomic E-state index is 4.22. The van der Waals surface area contributed by atoms with Crippen molar-refractivity contribution in [2.75, 3.05) is 6.54 Å².